The van der Waals surface area contributed by atoms with Crippen molar-refractivity contribution in [2.24, 2.45) is 0 Å². The number of alkyl carbamates (subject to hydrolysis) is 2. The second kappa shape index (κ2) is 11.0. The molecule has 2 amide bonds. The standard InChI is InChI=1S/C15H26N2O6S/c1-4-23-12(18)8-6-5-7-11-13(17-15(20)22-3)10(9-24-11)16-14(19)21-2/h10-11,13H,4-9H2,1-3H3,(H,16,19)(H,17,20)/t10-,11+,13-/m1/s1. The zero-order chi connectivity index (χ0) is 17.9. The lowest BCUT2D eigenvalue weighted by Crippen LogP contribution is -2.53. The molecule has 0 unspecified atom stereocenters. The highest BCUT2D eigenvalue weighted by Crippen LogP contribution is 2.31. The van der Waals surface area contributed by atoms with Crippen LogP contribution in [0.25, 0.3) is 0 Å². The number of hydrogen-bond acceptors (Lipinski definition) is 7. The summed E-state index contributed by atoms with van der Waals surface area (Å²) in [5.74, 6) is 0.484. The van der Waals surface area contributed by atoms with Gasteiger partial charge in [0.1, 0.15) is 0 Å². The highest BCUT2D eigenvalue weighted by atomic mass is 32.2. The van der Waals surface area contributed by atoms with E-state index in [0.29, 0.717) is 18.8 Å². The topological polar surface area (TPSA) is 103 Å². The first kappa shape index (κ1) is 20.4. The molecule has 1 saturated heterocycles. The predicted octanol–water partition coefficient (Wildman–Crippen LogP) is 1.67. The minimum absolute atomic E-state index is 0.133. The molecule has 1 aliphatic heterocycles. The van der Waals surface area contributed by atoms with Crippen molar-refractivity contribution in [3.8, 4) is 0 Å². The summed E-state index contributed by atoms with van der Waals surface area (Å²) in [7, 11) is 2.60. The van der Waals surface area contributed by atoms with Crippen LogP contribution in [0.1, 0.15) is 32.6 Å². The highest BCUT2D eigenvalue weighted by Gasteiger charge is 2.38. The summed E-state index contributed by atoms with van der Waals surface area (Å²) in [5.41, 5.74) is 0. The molecule has 1 fully saturated rings. The van der Waals surface area contributed by atoms with Gasteiger partial charge in [-0.25, -0.2) is 9.59 Å². The monoisotopic (exact) mass is 362 g/mol. The molecular formula is C15H26N2O6S. The van der Waals surface area contributed by atoms with Gasteiger partial charge in [-0.3, -0.25) is 4.79 Å². The number of methoxy groups -OCH3 is 2. The molecule has 24 heavy (non-hydrogen) atoms. The van der Waals surface area contributed by atoms with Crippen molar-refractivity contribution >= 4 is 29.9 Å². The second-order valence-electron chi connectivity index (χ2n) is 5.33. The third-order valence-corrected chi connectivity index (χ3v) is 5.22. The number of carbonyl (C=O) groups excluding carboxylic acids is 3. The Morgan fingerprint density at radius 3 is 2.38 bits per heavy atom. The maximum atomic E-state index is 11.6. The van der Waals surface area contributed by atoms with Crippen LogP contribution in [0.3, 0.4) is 0 Å². The molecule has 1 aliphatic rings. The van der Waals surface area contributed by atoms with Crippen LogP contribution in [0.15, 0.2) is 0 Å². The SMILES string of the molecule is CCOC(=O)CCCC[C@@H]1SC[C@@H](NC(=O)OC)[C@H]1NC(=O)OC. The molecule has 8 nitrogen and oxygen atoms in total. The van der Waals surface area contributed by atoms with Crippen LogP contribution in [0.2, 0.25) is 0 Å². The average molecular weight is 362 g/mol. The Morgan fingerprint density at radius 2 is 1.75 bits per heavy atom. The van der Waals surface area contributed by atoms with E-state index in [1.165, 1.54) is 14.2 Å². The number of carbonyl (C=O) groups is 3. The molecule has 0 saturated carbocycles. The van der Waals surface area contributed by atoms with E-state index in [0.717, 1.165) is 19.3 Å². The highest BCUT2D eigenvalue weighted by molar-refractivity contribution is 8.00. The number of thioether (sulfide) groups is 1. The van der Waals surface area contributed by atoms with E-state index < -0.39 is 12.2 Å². The molecule has 0 spiro atoms. The Kier molecular flexibility index (Phi) is 9.36. The summed E-state index contributed by atoms with van der Waals surface area (Å²) < 4.78 is 14.2. The van der Waals surface area contributed by atoms with E-state index >= 15 is 0 Å². The molecular weight excluding hydrogens is 336 g/mol. The average Bonchev–Trinajstić information content (AvgIpc) is 2.93. The van der Waals surface area contributed by atoms with Crippen LogP contribution >= 0.6 is 11.8 Å². The van der Waals surface area contributed by atoms with E-state index in [4.69, 9.17) is 4.74 Å². The first-order chi connectivity index (χ1) is 11.5. The van der Waals surface area contributed by atoms with Crippen LogP contribution in [0.4, 0.5) is 9.59 Å². The summed E-state index contributed by atoms with van der Waals surface area (Å²) >= 11 is 1.68. The lowest BCUT2D eigenvalue weighted by atomic mass is 10.0. The summed E-state index contributed by atoms with van der Waals surface area (Å²) in [6.45, 7) is 2.17. The fourth-order valence-corrected chi connectivity index (χ4v) is 4.08. The number of rotatable bonds is 8. The minimum atomic E-state index is -0.532. The van der Waals surface area contributed by atoms with Gasteiger partial charge in [0.2, 0.25) is 0 Å². The number of unbranched alkanes of at least 4 members (excludes halogenated alkanes) is 1. The van der Waals surface area contributed by atoms with Gasteiger partial charge in [0.15, 0.2) is 0 Å². The summed E-state index contributed by atoms with van der Waals surface area (Å²) in [6, 6.07) is -0.472. The zero-order valence-corrected chi connectivity index (χ0v) is 15.1. The normalized spacial score (nSPS) is 22.5. The number of esters is 1. The van der Waals surface area contributed by atoms with E-state index in [1.54, 1.807) is 18.7 Å². The number of hydrogen-bond donors (Lipinski definition) is 2. The molecule has 1 heterocycles. The first-order valence-electron chi connectivity index (χ1n) is 7.98. The Morgan fingerprint density at radius 1 is 1.08 bits per heavy atom. The third-order valence-electron chi connectivity index (χ3n) is 3.71. The van der Waals surface area contributed by atoms with Crippen LogP contribution in [-0.4, -0.2) is 62.1 Å². The van der Waals surface area contributed by atoms with E-state index in [1.807, 2.05) is 0 Å². The first-order valence-corrected chi connectivity index (χ1v) is 9.02. The quantitative estimate of drug-likeness (QED) is 0.385. The lowest BCUT2D eigenvalue weighted by Gasteiger charge is -2.24. The van der Waals surface area contributed by atoms with Gasteiger partial charge in [0.05, 0.1) is 32.9 Å². The Hall–Kier alpha value is -1.64. The fourth-order valence-electron chi connectivity index (χ4n) is 2.53. The summed E-state index contributed by atoms with van der Waals surface area (Å²) in [6.07, 6.45) is 1.72. The molecule has 3 atom stereocenters. The Balaban J connectivity index is 2.49. The number of ether oxygens (including phenoxy) is 3. The van der Waals surface area contributed by atoms with Crippen LogP contribution in [0, 0.1) is 0 Å². The maximum absolute atomic E-state index is 11.6. The van der Waals surface area contributed by atoms with Gasteiger partial charge in [-0.1, -0.05) is 6.42 Å². The molecule has 0 aromatic carbocycles. The molecule has 138 valence electrons. The van der Waals surface area contributed by atoms with E-state index in [2.05, 4.69) is 20.1 Å². The van der Waals surface area contributed by atoms with Gasteiger partial charge < -0.3 is 24.8 Å². The predicted molar refractivity (Wildman–Crippen MR) is 90.0 cm³/mol. The molecule has 0 bridgehead atoms. The van der Waals surface area contributed by atoms with Crippen LogP contribution < -0.4 is 10.6 Å². The maximum Gasteiger partial charge on any atom is 0.407 e. The van der Waals surface area contributed by atoms with Crippen molar-refractivity contribution in [2.75, 3.05) is 26.6 Å². The summed E-state index contributed by atoms with van der Waals surface area (Å²) in [5, 5.41) is 5.65. The van der Waals surface area contributed by atoms with Gasteiger partial charge >= 0.3 is 18.2 Å². The van der Waals surface area contributed by atoms with Gasteiger partial charge in [-0.15, -0.1) is 0 Å². The largest absolute Gasteiger partial charge is 0.466 e. The van der Waals surface area contributed by atoms with Crippen molar-refractivity contribution in [2.45, 2.75) is 49.9 Å². The molecule has 1 rings (SSSR count). The fraction of sp³-hybridized carbons (Fsp3) is 0.800. The van der Waals surface area contributed by atoms with Crippen molar-refractivity contribution in [1.82, 2.24) is 10.6 Å². The van der Waals surface area contributed by atoms with Crippen LogP contribution in [0.5, 0.6) is 0 Å². The van der Waals surface area contributed by atoms with Crippen molar-refractivity contribution in [1.29, 1.82) is 0 Å². The minimum Gasteiger partial charge on any atom is -0.466 e. The Labute approximate surface area is 146 Å². The van der Waals surface area contributed by atoms with Gasteiger partial charge in [0.25, 0.3) is 0 Å². The molecule has 0 aliphatic carbocycles. The second-order valence-corrected chi connectivity index (χ2v) is 6.60. The lowest BCUT2D eigenvalue weighted by molar-refractivity contribution is -0.143. The van der Waals surface area contributed by atoms with Gasteiger partial charge in [0, 0.05) is 17.4 Å². The van der Waals surface area contributed by atoms with Gasteiger partial charge in [-0.2, -0.15) is 11.8 Å². The molecule has 0 aromatic heterocycles. The number of nitrogens with one attached hydrogen (secondary N) is 2. The molecule has 0 aromatic rings. The van der Waals surface area contributed by atoms with Crippen molar-refractivity contribution in [3.05, 3.63) is 0 Å². The molecule has 2 N–H and O–H groups in total. The van der Waals surface area contributed by atoms with Crippen molar-refractivity contribution < 1.29 is 28.6 Å². The molecule has 9 heteroatoms. The van der Waals surface area contributed by atoms with Crippen LogP contribution in [-0.2, 0) is 19.0 Å². The zero-order valence-electron chi connectivity index (χ0n) is 14.3. The van der Waals surface area contributed by atoms with Gasteiger partial charge in [-0.05, 0) is 19.8 Å². The van der Waals surface area contributed by atoms with Crippen molar-refractivity contribution in [3.63, 3.8) is 0 Å². The molecule has 0 radical (unpaired) electrons. The Bertz CT molecular complexity index is 434. The third kappa shape index (κ3) is 6.86. The smallest absolute Gasteiger partial charge is 0.407 e. The van der Waals surface area contributed by atoms with E-state index in [-0.39, 0.29) is 23.3 Å². The summed E-state index contributed by atoms with van der Waals surface area (Å²) in [4.78, 5) is 34.3. The van der Waals surface area contributed by atoms with E-state index in [9.17, 15) is 14.4 Å². The number of amides is 2.